The van der Waals surface area contributed by atoms with Crippen LogP contribution in [0.3, 0.4) is 0 Å². The molecule has 3 N–H and O–H groups in total. The van der Waals surface area contributed by atoms with Crippen molar-refractivity contribution in [2.75, 3.05) is 21.3 Å². The summed E-state index contributed by atoms with van der Waals surface area (Å²) in [7, 11) is 4.76. The summed E-state index contributed by atoms with van der Waals surface area (Å²) in [6, 6.07) is 10.2. The Balaban J connectivity index is 0.000000568. The van der Waals surface area contributed by atoms with Gasteiger partial charge in [0.05, 0.1) is 21.3 Å². The first-order valence-corrected chi connectivity index (χ1v) is 8.02. The molecule has 0 heterocycles. The third kappa shape index (κ3) is 7.12. The highest BCUT2D eigenvalue weighted by Crippen LogP contribution is 2.38. The predicted octanol–water partition coefficient (Wildman–Crippen LogP) is 2.30. The van der Waals surface area contributed by atoms with E-state index in [1.807, 2.05) is 12.1 Å². The van der Waals surface area contributed by atoms with Crippen LogP contribution in [0.5, 0.6) is 17.2 Å². The zero-order valence-corrected chi connectivity index (χ0v) is 15.7. The van der Waals surface area contributed by atoms with Crippen molar-refractivity contribution in [3.05, 3.63) is 53.3 Å². The first kappa shape index (κ1) is 22.7. The number of carbonyl (C=O) groups is 2. The number of benzene rings is 2. The zero-order valence-electron chi connectivity index (χ0n) is 15.7. The van der Waals surface area contributed by atoms with Crippen molar-refractivity contribution in [2.45, 2.75) is 13.1 Å². The Hall–Kier alpha value is -3.33. The van der Waals surface area contributed by atoms with Crippen molar-refractivity contribution in [3.63, 3.8) is 0 Å². The predicted molar refractivity (Wildman–Crippen MR) is 98.3 cm³/mol. The smallest absolute Gasteiger partial charge is 0.414 e. The van der Waals surface area contributed by atoms with Gasteiger partial charge in [0.1, 0.15) is 5.82 Å². The van der Waals surface area contributed by atoms with E-state index in [2.05, 4.69) is 5.32 Å². The van der Waals surface area contributed by atoms with E-state index in [4.69, 9.17) is 34.0 Å². The Kier molecular flexibility index (Phi) is 9.24. The fourth-order valence-electron chi connectivity index (χ4n) is 2.19. The van der Waals surface area contributed by atoms with Gasteiger partial charge in [-0.3, -0.25) is 0 Å². The molecular formula is C19H22FNO7. The second kappa shape index (κ2) is 11.4. The van der Waals surface area contributed by atoms with Crippen LogP contribution in [0.1, 0.15) is 11.1 Å². The molecular weight excluding hydrogens is 373 g/mol. The molecule has 0 bridgehead atoms. The van der Waals surface area contributed by atoms with Crippen LogP contribution in [-0.2, 0) is 22.7 Å². The van der Waals surface area contributed by atoms with Gasteiger partial charge in [-0.05, 0) is 35.4 Å². The van der Waals surface area contributed by atoms with Crippen LogP contribution in [0.2, 0.25) is 0 Å². The summed E-state index contributed by atoms with van der Waals surface area (Å²) < 4.78 is 28.8. The largest absolute Gasteiger partial charge is 0.493 e. The van der Waals surface area contributed by atoms with E-state index in [-0.39, 0.29) is 5.82 Å². The summed E-state index contributed by atoms with van der Waals surface area (Å²) in [5.41, 5.74) is 2.03. The minimum atomic E-state index is -1.82. The summed E-state index contributed by atoms with van der Waals surface area (Å²) >= 11 is 0. The molecule has 2 aromatic rings. The number of carboxylic acids is 2. The number of methoxy groups -OCH3 is 3. The molecule has 0 aliphatic heterocycles. The second-order valence-electron chi connectivity index (χ2n) is 5.37. The average molecular weight is 395 g/mol. The highest BCUT2D eigenvalue weighted by atomic mass is 19.1. The van der Waals surface area contributed by atoms with Crippen LogP contribution >= 0.6 is 0 Å². The molecule has 0 saturated heterocycles. The van der Waals surface area contributed by atoms with E-state index in [1.54, 1.807) is 33.5 Å². The third-order valence-corrected chi connectivity index (χ3v) is 3.48. The van der Waals surface area contributed by atoms with E-state index in [1.165, 1.54) is 12.1 Å². The van der Waals surface area contributed by atoms with E-state index in [0.717, 1.165) is 11.1 Å². The minimum absolute atomic E-state index is 0.228. The van der Waals surface area contributed by atoms with Crippen molar-refractivity contribution >= 4 is 11.9 Å². The Labute approximate surface area is 161 Å². The molecule has 0 aliphatic rings. The van der Waals surface area contributed by atoms with E-state index in [9.17, 15) is 4.39 Å². The molecule has 0 radical (unpaired) electrons. The average Bonchev–Trinajstić information content (AvgIpc) is 2.69. The van der Waals surface area contributed by atoms with E-state index in [0.29, 0.717) is 30.3 Å². The molecule has 152 valence electrons. The normalized spacial score (nSPS) is 9.71. The molecule has 0 fully saturated rings. The highest BCUT2D eigenvalue weighted by molar-refractivity contribution is 6.27. The van der Waals surface area contributed by atoms with Crippen LogP contribution in [0.25, 0.3) is 0 Å². The number of ether oxygens (including phenoxy) is 3. The van der Waals surface area contributed by atoms with Crippen molar-refractivity contribution < 1.29 is 38.4 Å². The fourth-order valence-corrected chi connectivity index (χ4v) is 2.19. The van der Waals surface area contributed by atoms with Gasteiger partial charge >= 0.3 is 11.9 Å². The van der Waals surface area contributed by atoms with Crippen LogP contribution < -0.4 is 19.5 Å². The number of nitrogens with one attached hydrogen (secondary N) is 1. The number of hydrogen-bond acceptors (Lipinski definition) is 6. The van der Waals surface area contributed by atoms with Gasteiger partial charge in [-0.1, -0.05) is 12.1 Å². The van der Waals surface area contributed by atoms with Gasteiger partial charge in [0, 0.05) is 13.1 Å². The van der Waals surface area contributed by atoms with Crippen molar-refractivity contribution in [2.24, 2.45) is 0 Å². The van der Waals surface area contributed by atoms with Gasteiger partial charge < -0.3 is 29.7 Å². The Morgan fingerprint density at radius 1 is 0.857 bits per heavy atom. The molecule has 2 rings (SSSR count). The maximum atomic E-state index is 12.9. The highest BCUT2D eigenvalue weighted by Gasteiger charge is 2.12. The molecule has 2 aromatic carbocycles. The lowest BCUT2D eigenvalue weighted by Crippen LogP contribution is -2.13. The van der Waals surface area contributed by atoms with Crippen molar-refractivity contribution in [1.82, 2.24) is 5.32 Å². The first-order valence-electron chi connectivity index (χ1n) is 8.02. The van der Waals surface area contributed by atoms with Crippen molar-refractivity contribution in [3.8, 4) is 17.2 Å². The minimum Gasteiger partial charge on any atom is -0.493 e. The quantitative estimate of drug-likeness (QED) is 0.612. The van der Waals surface area contributed by atoms with Crippen LogP contribution in [0.4, 0.5) is 4.39 Å². The second-order valence-corrected chi connectivity index (χ2v) is 5.37. The molecule has 0 amide bonds. The summed E-state index contributed by atoms with van der Waals surface area (Å²) in [5, 5.41) is 18.1. The molecule has 0 saturated carbocycles. The lowest BCUT2D eigenvalue weighted by atomic mass is 10.1. The number of carboxylic acid groups (broad SMARTS) is 2. The summed E-state index contributed by atoms with van der Waals surface area (Å²) in [6.07, 6.45) is 0. The summed E-state index contributed by atoms with van der Waals surface area (Å²) in [6.45, 7) is 1.28. The molecule has 0 unspecified atom stereocenters. The molecule has 0 atom stereocenters. The number of rotatable bonds is 7. The Morgan fingerprint density at radius 3 is 1.71 bits per heavy atom. The lowest BCUT2D eigenvalue weighted by molar-refractivity contribution is -0.159. The Morgan fingerprint density at radius 2 is 1.32 bits per heavy atom. The van der Waals surface area contributed by atoms with Gasteiger partial charge in [-0.25, -0.2) is 14.0 Å². The number of halogens is 1. The SMILES string of the molecule is COc1cc(CNCc2ccc(F)cc2)cc(OC)c1OC.O=C(O)C(=O)O. The molecule has 0 spiro atoms. The van der Waals surface area contributed by atoms with Gasteiger partial charge in [-0.2, -0.15) is 0 Å². The van der Waals surface area contributed by atoms with Crippen LogP contribution in [0.15, 0.2) is 36.4 Å². The van der Waals surface area contributed by atoms with Gasteiger partial charge in [0.25, 0.3) is 0 Å². The molecule has 28 heavy (non-hydrogen) atoms. The lowest BCUT2D eigenvalue weighted by Gasteiger charge is -2.14. The molecule has 8 nitrogen and oxygen atoms in total. The summed E-state index contributed by atoms with van der Waals surface area (Å²) in [5.74, 6) is -2.05. The zero-order chi connectivity index (χ0) is 21.1. The number of hydrogen-bond donors (Lipinski definition) is 3. The monoisotopic (exact) mass is 395 g/mol. The molecule has 0 aliphatic carbocycles. The fraction of sp³-hybridized carbons (Fsp3) is 0.263. The maximum Gasteiger partial charge on any atom is 0.414 e. The summed E-state index contributed by atoms with van der Waals surface area (Å²) in [4.78, 5) is 18.2. The third-order valence-electron chi connectivity index (χ3n) is 3.48. The topological polar surface area (TPSA) is 114 Å². The van der Waals surface area contributed by atoms with Gasteiger partial charge in [0.2, 0.25) is 5.75 Å². The first-order chi connectivity index (χ1) is 13.3. The van der Waals surface area contributed by atoms with Crippen molar-refractivity contribution in [1.29, 1.82) is 0 Å². The van der Waals surface area contributed by atoms with E-state index < -0.39 is 11.9 Å². The number of aliphatic carboxylic acids is 2. The van der Waals surface area contributed by atoms with E-state index >= 15 is 0 Å². The van der Waals surface area contributed by atoms with Gasteiger partial charge in [-0.15, -0.1) is 0 Å². The van der Waals surface area contributed by atoms with Gasteiger partial charge in [0.15, 0.2) is 11.5 Å². The van der Waals surface area contributed by atoms with Crippen LogP contribution in [-0.4, -0.2) is 43.5 Å². The molecule has 0 aromatic heterocycles. The maximum absolute atomic E-state index is 12.9. The Bertz CT molecular complexity index is 756. The standard InChI is InChI=1S/C17H20FNO3.C2H2O4/c1-20-15-8-13(9-16(21-2)17(15)22-3)11-19-10-12-4-6-14(18)7-5-12;3-1(4)2(5)6/h4-9,19H,10-11H2,1-3H3;(H,3,4)(H,5,6). The molecule has 9 heteroatoms. The van der Waals surface area contributed by atoms with Crippen LogP contribution in [0, 0.1) is 5.82 Å².